The van der Waals surface area contributed by atoms with Crippen molar-refractivity contribution in [3.05, 3.63) is 0 Å². The molecule has 2 aliphatic rings. The Morgan fingerprint density at radius 3 is 2.81 bits per heavy atom. The van der Waals surface area contributed by atoms with Gasteiger partial charge >= 0.3 is 5.97 Å². The molecule has 2 fully saturated rings. The summed E-state index contributed by atoms with van der Waals surface area (Å²) >= 11 is 0. The summed E-state index contributed by atoms with van der Waals surface area (Å²) in [6.07, 6.45) is 5.29. The predicted octanol–water partition coefficient (Wildman–Crippen LogP) is 1.62. The van der Waals surface area contributed by atoms with E-state index in [-0.39, 0.29) is 6.04 Å². The molecule has 16 heavy (non-hydrogen) atoms. The minimum Gasteiger partial charge on any atom is -0.480 e. The summed E-state index contributed by atoms with van der Waals surface area (Å²) in [6, 6.07) is 1.79. The van der Waals surface area contributed by atoms with Crippen LogP contribution in [0.1, 0.15) is 39.0 Å². The molecule has 0 aromatic heterocycles. The van der Waals surface area contributed by atoms with Crippen LogP contribution < -0.4 is 0 Å². The molecule has 4 unspecified atom stereocenters. The average Bonchev–Trinajstić information content (AvgIpc) is 2.67. The summed E-state index contributed by atoms with van der Waals surface area (Å²) in [5.74, 6) is -0.276. The lowest BCUT2D eigenvalue weighted by Gasteiger charge is -2.34. The molecule has 0 bridgehead atoms. The van der Waals surface area contributed by atoms with Crippen LogP contribution in [0.2, 0.25) is 0 Å². The Labute approximate surface area is 95.9 Å². The summed E-state index contributed by atoms with van der Waals surface area (Å²) < 4.78 is 0. The normalized spacial score (nSPS) is 36.4. The zero-order chi connectivity index (χ0) is 11.7. The number of carboxylic acid groups (broad SMARTS) is 1. The summed E-state index contributed by atoms with van der Waals surface area (Å²) in [5, 5.41) is 18.2. The Morgan fingerprint density at radius 1 is 1.50 bits per heavy atom. The Morgan fingerprint density at radius 2 is 2.19 bits per heavy atom. The summed E-state index contributed by atoms with van der Waals surface area (Å²) in [7, 11) is 0. The second-order valence-corrected chi connectivity index (χ2v) is 4.95. The van der Waals surface area contributed by atoms with E-state index in [0.717, 1.165) is 19.3 Å². The van der Waals surface area contributed by atoms with Crippen LogP contribution in [0.4, 0.5) is 0 Å². The van der Waals surface area contributed by atoms with Gasteiger partial charge < -0.3 is 5.11 Å². The van der Waals surface area contributed by atoms with Gasteiger partial charge in [-0.15, -0.1) is 0 Å². The van der Waals surface area contributed by atoms with Crippen LogP contribution in [-0.2, 0) is 4.79 Å². The van der Waals surface area contributed by atoms with E-state index in [1.807, 2.05) is 11.8 Å². The van der Waals surface area contributed by atoms with Gasteiger partial charge in [-0.2, -0.15) is 5.26 Å². The van der Waals surface area contributed by atoms with Crippen molar-refractivity contribution in [1.82, 2.24) is 4.90 Å². The lowest BCUT2D eigenvalue weighted by atomic mass is 9.84. The van der Waals surface area contributed by atoms with Crippen LogP contribution in [0.25, 0.3) is 0 Å². The molecule has 4 heteroatoms. The van der Waals surface area contributed by atoms with Gasteiger partial charge in [0.1, 0.15) is 6.04 Å². The molecule has 1 saturated heterocycles. The van der Waals surface area contributed by atoms with Crippen molar-refractivity contribution in [2.75, 3.05) is 0 Å². The predicted molar refractivity (Wildman–Crippen MR) is 58.7 cm³/mol. The van der Waals surface area contributed by atoms with Gasteiger partial charge in [-0.05, 0) is 32.1 Å². The van der Waals surface area contributed by atoms with Crippen LogP contribution >= 0.6 is 0 Å². The lowest BCUT2D eigenvalue weighted by molar-refractivity contribution is -0.143. The van der Waals surface area contributed by atoms with E-state index in [1.54, 1.807) is 0 Å². The van der Waals surface area contributed by atoms with E-state index in [0.29, 0.717) is 12.0 Å². The van der Waals surface area contributed by atoms with Gasteiger partial charge in [0.2, 0.25) is 0 Å². The third kappa shape index (κ3) is 1.80. The summed E-state index contributed by atoms with van der Waals surface area (Å²) in [4.78, 5) is 13.2. The highest BCUT2D eigenvalue weighted by molar-refractivity contribution is 5.74. The molecule has 0 amide bonds. The quantitative estimate of drug-likeness (QED) is 0.771. The minimum absolute atomic E-state index is 0.283. The van der Waals surface area contributed by atoms with Gasteiger partial charge in [0.25, 0.3) is 0 Å². The van der Waals surface area contributed by atoms with E-state index in [9.17, 15) is 9.90 Å². The van der Waals surface area contributed by atoms with Crippen LogP contribution in [0, 0.1) is 17.2 Å². The minimum atomic E-state index is -0.767. The van der Waals surface area contributed by atoms with Crippen LogP contribution in [0.5, 0.6) is 0 Å². The zero-order valence-corrected chi connectivity index (χ0v) is 9.59. The fourth-order valence-corrected chi connectivity index (χ4v) is 3.35. The molecule has 88 valence electrons. The van der Waals surface area contributed by atoms with E-state index in [2.05, 4.69) is 6.07 Å². The number of carboxylic acids is 1. The number of hydrogen-bond donors (Lipinski definition) is 1. The number of likely N-dealkylation sites (tertiary alicyclic amines) is 1. The Kier molecular flexibility index (Phi) is 3.15. The molecule has 4 nitrogen and oxygen atoms in total. The maximum absolute atomic E-state index is 11.2. The van der Waals surface area contributed by atoms with E-state index in [4.69, 9.17) is 5.26 Å². The second kappa shape index (κ2) is 4.42. The summed E-state index contributed by atoms with van der Waals surface area (Å²) in [6.45, 7) is 1.81. The van der Waals surface area contributed by atoms with Crippen molar-refractivity contribution < 1.29 is 9.90 Å². The topological polar surface area (TPSA) is 64.3 Å². The maximum atomic E-state index is 11.2. The van der Waals surface area contributed by atoms with Gasteiger partial charge in [0, 0.05) is 6.04 Å². The average molecular weight is 222 g/mol. The SMILES string of the molecule is CC(C#N)N1C(C(=O)O)CC2CCCCC21. The third-order valence-corrected chi connectivity index (χ3v) is 4.06. The number of rotatable bonds is 2. The van der Waals surface area contributed by atoms with Gasteiger partial charge in [0.05, 0.1) is 12.1 Å². The first-order valence-electron chi connectivity index (χ1n) is 6.05. The molecule has 0 aromatic carbocycles. The number of carbonyl (C=O) groups is 1. The van der Waals surface area contributed by atoms with Crippen molar-refractivity contribution in [2.45, 2.75) is 57.2 Å². The third-order valence-electron chi connectivity index (χ3n) is 4.06. The van der Waals surface area contributed by atoms with Crippen molar-refractivity contribution in [3.8, 4) is 6.07 Å². The molecule has 0 radical (unpaired) electrons. The molecule has 1 aliphatic heterocycles. The van der Waals surface area contributed by atoms with E-state index >= 15 is 0 Å². The fraction of sp³-hybridized carbons (Fsp3) is 0.833. The van der Waals surface area contributed by atoms with E-state index < -0.39 is 12.0 Å². The molecule has 1 aliphatic carbocycles. The van der Waals surface area contributed by atoms with Crippen molar-refractivity contribution in [1.29, 1.82) is 5.26 Å². The largest absolute Gasteiger partial charge is 0.480 e. The van der Waals surface area contributed by atoms with Gasteiger partial charge in [-0.1, -0.05) is 12.8 Å². The Bertz CT molecular complexity index is 323. The molecule has 1 heterocycles. The van der Waals surface area contributed by atoms with Crippen LogP contribution in [0.15, 0.2) is 0 Å². The second-order valence-electron chi connectivity index (χ2n) is 4.95. The first-order valence-corrected chi connectivity index (χ1v) is 6.05. The lowest BCUT2D eigenvalue weighted by Crippen LogP contribution is -2.46. The fourth-order valence-electron chi connectivity index (χ4n) is 3.35. The number of nitrogens with zero attached hydrogens (tertiary/aromatic N) is 2. The van der Waals surface area contributed by atoms with Crippen molar-refractivity contribution in [3.63, 3.8) is 0 Å². The first-order chi connectivity index (χ1) is 7.65. The molecule has 1 saturated carbocycles. The number of aliphatic carboxylic acids is 1. The smallest absolute Gasteiger partial charge is 0.320 e. The monoisotopic (exact) mass is 222 g/mol. The highest BCUT2D eigenvalue weighted by Gasteiger charge is 2.47. The Balaban J connectivity index is 2.21. The van der Waals surface area contributed by atoms with Crippen molar-refractivity contribution >= 4 is 5.97 Å². The van der Waals surface area contributed by atoms with Gasteiger partial charge in [-0.3, -0.25) is 9.69 Å². The van der Waals surface area contributed by atoms with Crippen LogP contribution in [0.3, 0.4) is 0 Å². The molecule has 2 rings (SSSR count). The summed E-state index contributed by atoms with van der Waals surface area (Å²) in [5.41, 5.74) is 0. The molecule has 0 aromatic rings. The maximum Gasteiger partial charge on any atom is 0.320 e. The van der Waals surface area contributed by atoms with Crippen molar-refractivity contribution in [2.24, 2.45) is 5.92 Å². The molecule has 0 spiro atoms. The zero-order valence-electron chi connectivity index (χ0n) is 9.59. The highest BCUT2D eigenvalue weighted by Crippen LogP contribution is 2.40. The first kappa shape index (κ1) is 11.4. The molecular formula is C12H18N2O2. The number of fused-ring (bicyclic) bond motifs is 1. The number of hydrogen-bond acceptors (Lipinski definition) is 3. The highest BCUT2D eigenvalue weighted by atomic mass is 16.4. The standard InChI is InChI=1S/C12H18N2O2/c1-8(7-13)14-10-5-3-2-4-9(10)6-11(14)12(15)16/h8-11H,2-6H2,1H3,(H,15,16). The molecule has 4 atom stereocenters. The van der Waals surface area contributed by atoms with Gasteiger partial charge in [-0.25, -0.2) is 0 Å². The molecule has 1 N–H and O–H groups in total. The molecular weight excluding hydrogens is 204 g/mol. The Hall–Kier alpha value is -1.08. The number of nitriles is 1. The van der Waals surface area contributed by atoms with Gasteiger partial charge in [0.15, 0.2) is 0 Å². The van der Waals surface area contributed by atoms with E-state index in [1.165, 1.54) is 12.8 Å². The van der Waals surface area contributed by atoms with Crippen LogP contribution in [-0.4, -0.2) is 34.1 Å².